The lowest BCUT2D eigenvalue weighted by atomic mass is 9.83. The maximum atomic E-state index is 14.0. The molecule has 1 fully saturated rings. The minimum Gasteiger partial charge on any atom is -0.458 e. The summed E-state index contributed by atoms with van der Waals surface area (Å²) in [5.41, 5.74) is 4.78. The maximum absolute atomic E-state index is 14.0. The molecule has 0 bridgehead atoms. The summed E-state index contributed by atoms with van der Waals surface area (Å²) in [6.07, 6.45) is 11.7. The predicted molar refractivity (Wildman–Crippen MR) is 206 cm³/mol. The van der Waals surface area contributed by atoms with Crippen LogP contribution >= 0.6 is 0 Å². The van der Waals surface area contributed by atoms with Gasteiger partial charge in [0.15, 0.2) is 0 Å². The quantitative estimate of drug-likeness (QED) is 0.126. The molecular weight excluding hydrogens is 628 g/mol. The van der Waals surface area contributed by atoms with E-state index < -0.39 is 29.6 Å². The second-order valence-electron chi connectivity index (χ2n) is 14.6. The van der Waals surface area contributed by atoms with Gasteiger partial charge in [-0.3, -0.25) is 4.79 Å². The lowest BCUT2D eigenvalue weighted by molar-refractivity contribution is -0.159. The molecule has 1 atom stereocenters. The van der Waals surface area contributed by atoms with Crippen LogP contribution in [0.3, 0.4) is 0 Å². The number of rotatable bonds is 15. The first-order chi connectivity index (χ1) is 23.7. The highest BCUT2D eigenvalue weighted by Gasteiger charge is 2.35. The molecule has 1 aliphatic carbocycles. The number of carbonyl (C=O) groups excluding carboxylic acids is 4. The van der Waals surface area contributed by atoms with Crippen LogP contribution in [0.25, 0.3) is 0 Å². The molecule has 0 unspecified atom stereocenters. The molecular formula is C41H64N4O5. The molecule has 0 radical (unpaired) electrons. The van der Waals surface area contributed by atoms with Gasteiger partial charge in [-0.05, 0) is 109 Å². The van der Waals surface area contributed by atoms with Crippen molar-refractivity contribution in [3.8, 4) is 0 Å². The molecule has 0 spiro atoms. The molecule has 0 heterocycles. The number of benzene rings is 2. The van der Waals surface area contributed by atoms with Crippen LogP contribution in [0.15, 0.2) is 30.3 Å². The molecule has 50 heavy (non-hydrogen) atoms. The third kappa shape index (κ3) is 14.2. The Balaban J connectivity index is 0.00000161. The van der Waals surface area contributed by atoms with Crippen molar-refractivity contribution >= 4 is 41.3 Å². The van der Waals surface area contributed by atoms with Gasteiger partial charge in [0.1, 0.15) is 17.9 Å². The number of esters is 1. The van der Waals surface area contributed by atoms with Gasteiger partial charge in [0, 0.05) is 30.9 Å². The van der Waals surface area contributed by atoms with Gasteiger partial charge in [0.2, 0.25) is 0 Å². The zero-order valence-electron chi connectivity index (χ0n) is 32.3. The molecule has 3 N–H and O–H groups in total. The van der Waals surface area contributed by atoms with Crippen LogP contribution in [0.2, 0.25) is 0 Å². The van der Waals surface area contributed by atoms with Crippen molar-refractivity contribution in [2.45, 2.75) is 145 Å². The van der Waals surface area contributed by atoms with Crippen LogP contribution in [0.5, 0.6) is 0 Å². The predicted octanol–water partition coefficient (Wildman–Crippen LogP) is 9.67. The molecule has 9 nitrogen and oxygen atoms in total. The van der Waals surface area contributed by atoms with Crippen molar-refractivity contribution in [2.24, 2.45) is 5.92 Å². The van der Waals surface area contributed by atoms with Crippen LogP contribution < -0.4 is 20.9 Å². The van der Waals surface area contributed by atoms with Gasteiger partial charge in [-0.25, -0.2) is 9.59 Å². The van der Waals surface area contributed by atoms with Crippen LogP contribution in [0.4, 0.5) is 21.9 Å². The van der Waals surface area contributed by atoms with E-state index in [4.69, 9.17) is 4.74 Å². The monoisotopic (exact) mass is 692 g/mol. The summed E-state index contributed by atoms with van der Waals surface area (Å²) in [5.74, 6) is -0.820. The lowest BCUT2D eigenvalue weighted by Gasteiger charge is -2.32. The Morgan fingerprint density at radius 1 is 0.880 bits per heavy atom. The van der Waals surface area contributed by atoms with E-state index in [2.05, 4.69) is 34.7 Å². The number of unbranched alkanes of at least 4 members (excludes halogenated alkanes) is 3. The van der Waals surface area contributed by atoms with Crippen LogP contribution in [-0.4, -0.2) is 48.9 Å². The maximum Gasteiger partial charge on any atom is 0.329 e. The van der Waals surface area contributed by atoms with E-state index in [1.165, 1.54) is 0 Å². The fourth-order valence-electron chi connectivity index (χ4n) is 6.28. The normalized spacial score (nSPS) is 13.7. The molecule has 0 aromatic heterocycles. The molecule has 278 valence electrons. The molecule has 3 rings (SSSR count). The Hall–Kier alpha value is -3.88. The average Bonchev–Trinajstić information content (AvgIpc) is 3.05. The van der Waals surface area contributed by atoms with E-state index in [0.29, 0.717) is 17.7 Å². The molecule has 1 aliphatic rings. The molecule has 9 heteroatoms. The summed E-state index contributed by atoms with van der Waals surface area (Å²) in [4.78, 5) is 52.6. The Bertz CT molecular complexity index is 1360. The number of aldehydes is 1. The third-order valence-corrected chi connectivity index (χ3v) is 8.81. The van der Waals surface area contributed by atoms with Gasteiger partial charge >= 0.3 is 12.0 Å². The van der Waals surface area contributed by atoms with Gasteiger partial charge in [-0.1, -0.05) is 70.6 Å². The van der Waals surface area contributed by atoms with E-state index in [9.17, 15) is 19.2 Å². The second-order valence-corrected chi connectivity index (χ2v) is 14.6. The van der Waals surface area contributed by atoms with Gasteiger partial charge in [0.05, 0.1) is 11.3 Å². The summed E-state index contributed by atoms with van der Waals surface area (Å²) in [7, 11) is 0. The average molecular weight is 693 g/mol. The number of anilines is 3. The first kappa shape index (κ1) is 42.3. The van der Waals surface area contributed by atoms with Gasteiger partial charge < -0.3 is 30.4 Å². The number of urea groups is 1. The zero-order chi connectivity index (χ0) is 37.3. The Kier molecular flexibility index (Phi) is 18.1. The van der Waals surface area contributed by atoms with Crippen molar-refractivity contribution in [2.75, 3.05) is 28.6 Å². The fraction of sp³-hybridized carbons (Fsp3) is 0.610. The third-order valence-electron chi connectivity index (χ3n) is 8.81. The minimum atomic E-state index is -0.762. The topological polar surface area (TPSA) is 117 Å². The van der Waals surface area contributed by atoms with Crippen molar-refractivity contribution < 1.29 is 23.9 Å². The molecule has 3 amide bonds. The van der Waals surface area contributed by atoms with Crippen molar-refractivity contribution in [1.82, 2.24) is 5.32 Å². The SMILES string of the molecule is CCCC=O.CCCCN(CCCC)c1ccc(C(=O)N[C@H](C(=O)OC(C)(C)C)C2CCCCC2)c(NC(=O)Nc2c(C)cc(C)cc2C)c1. The first-order valence-electron chi connectivity index (χ1n) is 18.8. The number of nitrogens with zero attached hydrogens (tertiary/aromatic N) is 1. The lowest BCUT2D eigenvalue weighted by Crippen LogP contribution is -2.49. The summed E-state index contributed by atoms with van der Waals surface area (Å²) in [6.45, 7) is 19.6. The number of carbonyl (C=O) groups is 4. The molecule has 0 saturated heterocycles. The second kappa shape index (κ2) is 21.4. The summed E-state index contributed by atoms with van der Waals surface area (Å²) in [5, 5.41) is 9.02. The molecule has 2 aromatic rings. The van der Waals surface area contributed by atoms with Crippen molar-refractivity contribution in [3.63, 3.8) is 0 Å². The number of aryl methyl sites for hydroxylation is 3. The number of hydrogen-bond donors (Lipinski definition) is 3. The van der Waals surface area contributed by atoms with E-state index in [0.717, 1.165) is 112 Å². The highest BCUT2D eigenvalue weighted by atomic mass is 16.6. The number of hydrogen-bond acceptors (Lipinski definition) is 6. The summed E-state index contributed by atoms with van der Waals surface area (Å²) < 4.78 is 5.77. The van der Waals surface area contributed by atoms with E-state index in [1.807, 2.05) is 72.7 Å². The number of amides is 3. The Morgan fingerprint density at radius 3 is 1.98 bits per heavy atom. The highest BCUT2D eigenvalue weighted by molar-refractivity contribution is 6.08. The Labute approximate surface area is 301 Å². The number of nitrogens with one attached hydrogen (secondary N) is 3. The summed E-state index contributed by atoms with van der Waals surface area (Å²) >= 11 is 0. The van der Waals surface area contributed by atoms with Crippen LogP contribution in [0, 0.1) is 26.7 Å². The molecule has 0 aliphatic heterocycles. The fourth-order valence-corrected chi connectivity index (χ4v) is 6.28. The van der Waals surface area contributed by atoms with Crippen LogP contribution in [0.1, 0.15) is 139 Å². The number of ether oxygens (including phenoxy) is 1. The van der Waals surface area contributed by atoms with Crippen molar-refractivity contribution in [1.29, 1.82) is 0 Å². The summed E-state index contributed by atoms with van der Waals surface area (Å²) in [6, 6.07) is 8.47. The smallest absolute Gasteiger partial charge is 0.329 e. The van der Waals surface area contributed by atoms with Gasteiger partial charge in [-0.15, -0.1) is 0 Å². The molecule has 1 saturated carbocycles. The van der Waals surface area contributed by atoms with Crippen LogP contribution in [-0.2, 0) is 14.3 Å². The zero-order valence-corrected chi connectivity index (χ0v) is 32.3. The van der Waals surface area contributed by atoms with Crippen molar-refractivity contribution in [3.05, 3.63) is 52.6 Å². The van der Waals surface area contributed by atoms with E-state index in [-0.39, 0.29) is 5.92 Å². The standard InChI is InChI=1S/C37H56N4O4.C4H8O/c1-9-11-20-41(21-12-10-2)29-18-19-30(31(24-29)38-36(44)40-32-26(4)22-25(3)23-27(32)5)34(42)39-33(28-16-14-13-15-17-28)35(43)45-37(6,7)8;1-2-3-4-5/h18-19,22-24,28,33H,9-17,20-21H2,1-8H3,(H,39,42)(H2,38,40,44);4H,2-3H2,1H3/t33-;/m0./s1. The van der Waals surface area contributed by atoms with Gasteiger partial charge in [-0.2, -0.15) is 0 Å². The Morgan fingerprint density at radius 2 is 1.48 bits per heavy atom. The minimum absolute atomic E-state index is 0.00241. The highest BCUT2D eigenvalue weighted by Crippen LogP contribution is 2.30. The van der Waals surface area contributed by atoms with E-state index >= 15 is 0 Å². The van der Waals surface area contributed by atoms with E-state index in [1.54, 1.807) is 6.07 Å². The first-order valence-corrected chi connectivity index (χ1v) is 18.8. The largest absolute Gasteiger partial charge is 0.458 e. The van der Waals surface area contributed by atoms with Gasteiger partial charge in [0.25, 0.3) is 5.91 Å². The molecule has 2 aromatic carbocycles.